The van der Waals surface area contributed by atoms with E-state index < -0.39 is 0 Å². The zero-order chi connectivity index (χ0) is 15.2. The average molecular weight is 306 g/mol. The second-order valence-electron chi connectivity index (χ2n) is 4.45. The number of hydrogen-bond acceptors (Lipinski definition) is 6. The summed E-state index contributed by atoms with van der Waals surface area (Å²) in [5.41, 5.74) is 0.838. The van der Waals surface area contributed by atoms with Gasteiger partial charge in [-0.3, -0.25) is 10.1 Å². The smallest absolute Gasteiger partial charge is 0.248 e. The number of benzene rings is 1. The fourth-order valence-electron chi connectivity index (χ4n) is 1.81. The fraction of sp³-hybridized carbons (Fsp3) is 0.357. The van der Waals surface area contributed by atoms with Gasteiger partial charge in [-0.2, -0.15) is 0 Å². The number of methoxy groups -OCH3 is 1. The molecule has 0 fully saturated rings. The molecule has 1 amide bonds. The monoisotopic (exact) mass is 306 g/mol. The summed E-state index contributed by atoms with van der Waals surface area (Å²) in [6.45, 7) is 3.79. The minimum Gasteiger partial charge on any atom is -0.497 e. The first-order valence-electron chi connectivity index (χ1n) is 6.64. The standard InChI is InChI=1S/C14H18N4O2S/c1-4-12(13(19)16-14-18-17-9(2)21-14)15-10-6-5-7-11(8-10)20-3/h5-8,12,15H,4H2,1-3H3,(H,16,18,19). The summed E-state index contributed by atoms with van der Waals surface area (Å²) < 4.78 is 5.17. The van der Waals surface area contributed by atoms with Gasteiger partial charge in [-0.25, -0.2) is 0 Å². The highest BCUT2D eigenvalue weighted by molar-refractivity contribution is 7.15. The molecule has 0 spiro atoms. The molecule has 1 aromatic heterocycles. The molecule has 1 unspecified atom stereocenters. The SMILES string of the molecule is CCC(Nc1cccc(OC)c1)C(=O)Nc1nnc(C)s1. The lowest BCUT2D eigenvalue weighted by Crippen LogP contribution is -2.34. The van der Waals surface area contributed by atoms with Crippen LogP contribution in [-0.4, -0.2) is 29.3 Å². The first kappa shape index (κ1) is 15.2. The van der Waals surface area contributed by atoms with Gasteiger partial charge in [-0.15, -0.1) is 10.2 Å². The van der Waals surface area contributed by atoms with Crippen LogP contribution < -0.4 is 15.4 Å². The summed E-state index contributed by atoms with van der Waals surface area (Å²) in [4.78, 5) is 12.2. The number of aryl methyl sites for hydroxylation is 1. The minimum atomic E-state index is -0.346. The van der Waals surface area contributed by atoms with Crippen molar-refractivity contribution in [3.05, 3.63) is 29.3 Å². The van der Waals surface area contributed by atoms with E-state index in [9.17, 15) is 4.79 Å². The Morgan fingerprint density at radius 1 is 1.43 bits per heavy atom. The molecule has 0 saturated heterocycles. The van der Waals surface area contributed by atoms with Gasteiger partial charge in [0.25, 0.3) is 0 Å². The maximum absolute atomic E-state index is 12.2. The Kier molecular flexibility index (Phi) is 5.10. The van der Waals surface area contributed by atoms with Crippen molar-refractivity contribution >= 4 is 28.1 Å². The van der Waals surface area contributed by atoms with Crippen LogP contribution in [0.2, 0.25) is 0 Å². The van der Waals surface area contributed by atoms with Crippen molar-refractivity contribution in [1.82, 2.24) is 10.2 Å². The number of nitrogens with zero attached hydrogens (tertiary/aromatic N) is 2. The molecule has 1 heterocycles. The van der Waals surface area contributed by atoms with Crippen molar-refractivity contribution < 1.29 is 9.53 Å². The zero-order valence-electron chi connectivity index (χ0n) is 12.2. The summed E-state index contributed by atoms with van der Waals surface area (Å²) in [5, 5.41) is 15.1. The highest BCUT2D eigenvalue weighted by Gasteiger charge is 2.18. The predicted octanol–water partition coefficient (Wildman–Crippen LogP) is 2.68. The third kappa shape index (κ3) is 4.16. The molecule has 2 aromatic rings. The maximum Gasteiger partial charge on any atom is 0.248 e. The lowest BCUT2D eigenvalue weighted by atomic mass is 10.2. The van der Waals surface area contributed by atoms with Gasteiger partial charge in [-0.1, -0.05) is 24.3 Å². The molecule has 6 nitrogen and oxygen atoms in total. The first-order chi connectivity index (χ1) is 10.1. The van der Waals surface area contributed by atoms with Gasteiger partial charge in [-0.05, 0) is 25.5 Å². The molecule has 0 saturated carbocycles. The lowest BCUT2D eigenvalue weighted by Gasteiger charge is -2.17. The normalized spacial score (nSPS) is 11.8. The van der Waals surface area contributed by atoms with Gasteiger partial charge in [0.15, 0.2) is 0 Å². The molecule has 2 N–H and O–H groups in total. The molecule has 7 heteroatoms. The van der Waals surface area contributed by atoms with E-state index in [2.05, 4.69) is 20.8 Å². The maximum atomic E-state index is 12.2. The first-order valence-corrected chi connectivity index (χ1v) is 7.45. The summed E-state index contributed by atoms with van der Waals surface area (Å²) in [6, 6.07) is 7.13. The third-order valence-electron chi connectivity index (χ3n) is 2.89. The number of hydrogen-bond donors (Lipinski definition) is 2. The number of amides is 1. The van der Waals surface area contributed by atoms with Crippen molar-refractivity contribution in [2.45, 2.75) is 26.3 Å². The van der Waals surface area contributed by atoms with Gasteiger partial charge < -0.3 is 10.1 Å². The molecular weight excluding hydrogens is 288 g/mol. The van der Waals surface area contributed by atoms with E-state index >= 15 is 0 Å². The van der Waals surface area contributed by atoms with E-state index in [1.165, 1.54) is 11.3 Å². The van der Waals surface area contributed by atoms with Crippen molar-refractivity contribution in [1.29, 1.82) is 0 Å². The van der Waals surface area contributed by atoms with Crippen LogP contribution in [0.3, 0.4) is 0 Å². The number of nitrogens with one attached hydrogen (secondary N) is 2. The van der Waals surface area contributed by atoms with Gasteiger partial charge in [0.05, 0.1) is 7.11 Å². The van der Waals surface area contributed by atoms with Gasteiger partial charge >= 0.3 is 0 Å². The van der Waals surface area contributed by atoms with Gasteiger partial charge in [0.1, 0.15) is 16.8 Å². The summed E-state index contributed by atoms with van der Waals surface area (Å²) in [7, 11) is 1.61. The highest BCUT2D eigenvalue weighted by Crippen LogP contribution is 2.19. The molecule has 112 valence electrons. The number of rotatable bonds is 6. The Labute approximate surface area is 127 Å². The van der Waals surface area contributed by atoms with E-state index in [0.717, 1.165) is 16.4 Å². The van der Waals surface area contributed by atoms with Crippen LogP contribution in [0.15, 0.2) is 24.3 Å². The number of anilines is 2. The molecule has 1 atom stereocenters. The summed E-state index contributed by atoms with van der Waals surface area (Å²) in [6.07, 6.45) is 0.654. The van der Waals surface area contributed by atoms with Crippen molar-refractivity contribution in [2.24, 2.45) is 0 Å². The van der Waals surface area contributed by atoms with Crippen LogP contribution in [0.25, 0.3) is 0 Å². The number of ether oxygens (including phenoxy) is 1. The quantitative estimate of drug-likeness (QED) is 0.858. The highest BCUT2D eigenvalue weighted by atomic mass is 32.1. The number of carbonyl (C=O) groups excluding carboxylic acids is 1. The van der Waals surface area contributed by atoms with Crippen LogP contribution in [0.5, 0.6) is 5.75 Å². The molecular formula is C14H18N4O2S. The van der Waals surface area contributed by atoms with Crippen molar-refractivity contribution in [3.63, 3.8) is 0 Å². The van der Waals surface area contributed by atoms with E-state index in [-0.39, 0.29) is 11.9 Å². The third-order valence-corrected chi connectivity index (χ3v) is 3.65. The minimum absolute atomic E-state index is 0.128. The van der Waals surface area contributed by atoms with Crippen LogP contribution in [0.4, 0.5) is 10.8 Å². The Bertz CT molecular complexity index is 615. The Morgan fingerprint density at radius 2 is 2.24 bits per heavy atom. The van der Waals surface area contributed by atoms with E-state index in [1.54, 1.807) is 7.11 Å². The van der Waals surface area contributed by atoms with E-state index in [4.69, 9.17) is 4.74 Å². The van der Waals surface area contributed by atoms with E-state index in [1.807, 2.05) is 38.1 Å². The van der Waals surface area contributed by atoms with Crippen LogP contribution >= 0.6 is 11.3 Å². The Morgan fingerprint density at radius 3 is 2.86 bits per heavy atom. The predicted molar refractivity (Wildman–Crippen MR) is 84.0 cm³/mol. The lowest BCUT2D eigenvalue weighted by molar-refractivity contribution is -0.117. The summed E-state index contributed by atoms with van der Waals surface area (Å²) >= 11 is 1.35. The Balaban J connectivity index is 2.02. The molecule has 0 bridgehead atoms. The average Bonchev–Trinajstić information content (AvgIpc) is 2.90. The molecule has 1 aromatic carbocycles. The molecule has 2 rings (SSSR count). The van der Waals surface area contributed by atoms with Crippen LogP contribution in [0, 0.1) is 6.92 Å². The van der Waals surface area contributed by atoms with Crippen molar-refractivity contribution in [2.75, 3.05) is 17.7 Å². The second kappa shape index (κ2) is 7.03. The molecule has 0 aliphatic rings. The molecule has 21 heavy (non-hydrogen) atoms. The molecule has 0 aliphatic heterocycles. The summed E-state index contributed by atoms with van der Waals surface area (Å²) in [5.74, 6) is 0.617. The van der Waals surface area contributed by atoms with Crippen molar-refractivity contribution in [3.8, 4) is 5.75 Å². The second-order valence-corrected chi connectivity index (χ2v) is 5.63. The molecule has 0 radical (unpaired) electrons. The molecule has 0 aliphatic carbocycles. The zero-order valence-corrected chi connectivity index (χ0v) is 13.0. The topological polar surface area (TPSA) is 76.1 Å². The van der Waals surface area contributed by atoms with Crippen LogP contribution in [0.1, 0.15) is 18.4 Å². The van der Waals surface area contributed by atoms with E-state index in [0.29, 0.717) is 11.6 Å². The van der Waals surface area contributed by atoms with Crippen LogP contribution in [-0.2, 0) is 4.79 Å². The van der Waals surface area contributed by atoms with Gasteiger partial charge in [0, 0.05) is 11.8 Å². The van der Waals surface area contributed by atoms with Gasteiger partial charge in [0.2, 0.25) is 11.0 Å². The fourth-order valence-corrected chi connectivity index (χ4v) is 2.40. The largest absolute Gasteiger partial charge is 0.497 e. The Hall–Kier alpha value is -2.15. The number of aromatic nitrogens is 2. The number of carbonyl (C=O) groups is 1.